The summed E-state index contributed by atoms with van der Waals surface area (Å²) < 4.78 is 10.7. The fourth-order valence-corrected chi connectivity index (χ4v) is 2.64. The van der Waals surface area contributed by atoms with Crippen molar-refractivity contribution in [2.75, 3.05) is 13.2 Å². The highest BCUT2D eigenvalue weighted by Gasteiger charge is 2.13. The summed E-state index contributed by atoms with van der Waals surface area (Å²) in [6, 6.07) is 12.6. The first-order valence-corrected chi connectivity index (χ1v) is 9.67. The summed E-state index contributed by atoms with van der Waals surface area (Å²) in [5, 5.41) is 2.85. The summed E-state index contributed by atoms with van der Waals surface area (Å²) in [6.45, 7) is 8.42. The molecule has 150 valence electrons. The van der Waals surface area contributed by atoms with Gasteiger partial charge in [-0.25, -0.2) is 4.79 Å². The summed E-state index contributed by atoms with van der Waals surface area (Å²) in [6.07, 6.45) is 2.05. The van der Waals surface area contributed by atoms with Gasteiger partial charge in [-0.15, -0.1) is 0 Å². The Morgan fingerprint density at radius 2 is 1.75 bits per heavy atom. The molecular weight excluding hydrogens is 354 g/mol. The Bertz CT molecular complexity index is 799. The quantitative estimate of drug-likeness (QED) is 0.511. The van der Waals surface area contributed by atoms with Crippen molar-refractivity contribution in [3.05, 3.63) is 64.7 Å². The van der Waals surface area contributed by atoms with Crippen molar-refractivity contribution in [3.8, 4) is 5.75 Å². The molecule has 0 radical (unpaired) electrons. The SMILES string of the molecule is CCCCOc1ccc(C(=O)OCC(=O)N[C@H](C)c2ccc(C)c(C)c2)cc1. The van der Waals surface area contributed by atoms with E-state index in [0.29, 0.717) is 17.9 Å². The smallest absolute Gasteiger partial charge is 0.338 e. The molecule has 1 N–H and O–H groups in total. The van der Waals surface area contributed by atoms with Crippen molar-refractivity contribution < 1.29 is 19.1 Å². The van der Waals surface area contributed by atoms with Crippen LogP contribution in [0.25, 0.3) is 0 Å². The van der Waals surface area contributed by atoms with E-state index >= 15 is 0 Å². The van der Waals surface area contributed by atoms with Gasteiger partial charge in [-0.1, -0.05) is 31.5 Å². The first-order chi connectivity index (χ1) is 13.4. The van der Waals surface area contributed by atoms with E-state index in [2.05, 4.69) is 18.3 Å². The number of unbranched alkanes of at least 4 members (excludes halogenated alkanes) is 1. The van der Waals surface area contributed by atoms with Crippen LogP contribution in [0.4, 0.5) is 0 Å². The molecular formula is C23H29NO4. The number of ether oxygens (including phenoxy) is 2. The minimum Gasteiger partial charge on any atom is -0.494 e. The molecule has 0 aliphatic heterocycles. The monoisotopic (exact) mass is 383 g/mol. The van der Waals surface area contributed by atoms with E-state index in [0.717, 1.165) is 18.4 Å². The van der Waals surface area contributed by atoms with E-state index in [9.17, 15) is 9.59 Å². The molecule has 2 aromatic rings. The second-order valence-electron chi connectivity index (χ2n) is 6.94. The second-order valence-corrected chi connectivity index (χ2v) is 6.94. The Morgan fingerprint density at radius 3 is 2.39 bits per heavy atom. The van der Waals surface area contributed by atoms with Crippen LogP contribution in [0.5, 0.6) is 5.75 Å². The van der Waals surface area contributed by atoms with Gasteiger partial charge < -0.3 is 14.8 Å². The molecule has 0 fully saturated rings. The highest BCUT2D eigenvalue weighted by atomic mass is 16.5. The number of amides is 1. The fraction of sp³-hybridized carbons (Fsp3) is 0.391. The number of aryl methyl sites for hydroxylation is 2. The zero-order valence-electron chi connectivity index (χ0n) is 17.1. The number of carbonyl (C=O) groups is 2. The summed E-state index contributed by atoms with van der Waals surface area (Å²) in [5.74, 6) is -0.155. The van der Waals surface area contributed by atoms with Crippen LogP contribution in [0.3, 0.4) is 0 Å². The molecule has 2 aromatic carbocycles. The number of hydrogen-bond acceptors (Lipinski definition) is 4. The second kappa shape index (κ2) is 10.5. The van der Waals surface area contributed by atoms with Gasteiger partial charge in [0.1, 0.15) is 5.75 Å². The molecule has 0 saturated heterocycles. The van der Waals surface area contributed by atoms with Crippen molar-refractivity contribution in [3.63, 3.8) is 0 Å². The largest absolute Gasteiger partial charge is 0.494 e. The van der Waals surface area contributed by atoms with Crippen molar-refractivity contribution >= 4 is 11.9 Å². The minimum atomic E-state index is -0.533. The van der Waals surface area contributed by atoms with Gasteiger partial charge in [-0.2, -0.15) is 0 Å². The molecule has 0 heterocycles. The van der Waals surface area contributed by atoms with Crippen molar-refractivity contribution in [2.24, 2.45) is 0 Å². The Balaban J connectivity index is 1.81. The maximum atomic E-state index is 12.1. The fourth-order valence-electron chi connectivity index (χ4n) is 2.64. The zero-order valence-corrected chi connectivity index (χ0v) is 17.1. The minimum absolute atomic E-state index is 0.162. The molecule has 2 rings (SSSR count). The number of hydrogen-bond donors (Lipinski definition) is 1. The summed E-state index contributed by atoms with van der Waals surface area (Å²) in [5.41, 5.74) is 3.78. The molecule has 0 aliphatic rings. The molecule has 1 atom stereocenters. The zero-order chi connectivity index (χ0) is 20.5. The Hall–Kier alpha value is -2.82. The predicted molar refractivity (Wildman–Crippen MR) is 110 cm³/mol. The van der Waals surface area contributed by atoms with Crippen LogP contribution in [0.1, 0.15) is 59.8 Å². The van der Waals surface area contributed by atoms with Crippen LogP contribution < -0.4 is 10.1 Å². The molecule has 0 spiro atoms. The average Bonchev–Trinajstić information content (AvgIpc) is 2.69. The van der Waals surface area contributed by atoms with Crippen LogP contribution in [0, 0.1) is 13.8 Å². The highest BCUT2D eigenvalue weighted by molar-refractivity contribution is 5.91. The van der Waals surface area contributed by atoms with Gasteiger partial charge in [0.15, 0.2) is 6.61 Å². The van der Waals surface area contributed by atoms with Gasteiger partial charge in [0.05, 0.1) is 18.2 Å². The lowest BCUT2D eigenvalue weighted by Crippen LogP contribution is -2.31. The molecule has 5 heteroatoms. The van der Waals surface area contributed by atoms with Crippen molar-refractivity contribution in [1.82, 2.24) is 5.32 Å². The topological polar surface area (TPSA) is 64.6 Å². The number of benzene rings is 2. The van der Waals surface area contributed by atoms with Gasteiger partial charge in [-0.3, -0.25) is 4.79 Å². The lowest BCUT2D eigenvalue weighted by atomic mass is 10.0. The van der Waals surface area contributed by atoms with Crippen LogP contribution in [-0.4, -0.2) is 25.1 Å². The van der Waals surface area contributed by atoms with E-state index in [1.54, 1.807) is 24.3 Å². The third-order valence-corrected chi connectivity index (χ3v) is 4.60. The van der Waals surface area contributed by atoms with Gasteiger partial charge in [-0.05, 0) is 68.1 Å². The maximum absolute atomic E-state index is 12.1. The third-order valence-electron chi connectivity index (χ3n) is 4.60. The lowest BCUT2D eigenvalue weighted by Gasteiger charge is -2.16. The standard InChI is InChI=1S/C23H29NO4/c1-5-6-13-27-21-11-9-19(10-12-21)23(26)28-15-22(25)24-18(4)20-8-7-16(2)17(3)14-20/h7-12,14,18H,5-6,13,15H2,1-4H3,(H,24,25)/t18-/m1/s1. The third kappa shape index (κ3) is 6.41. The van der Waals surface area contributed by atoms with Gasteiger partial charge >= 0.3 is 5.97 Å². The van der Waals surface area contributed by atoms with Gasteiger partial charge in [0.2, 0.25) is 0 Å². The van der Waals surface area contributed by atoms with E-state index in [-0.39, 0.29) is 18.6 Å². The molecule has 0 bridgehead atoms. The number of carbonyl (C=O) groups excluding carboxylic acids is 2. The van der Waals surface area contributed by atoms with E-state index < -0.39 is 5.97 Å². The van der Waals surface area contributed by atoms with E-state index in [1.165, 1.54) is 11.1 Å². The maximum Gasteiger partial charge on any atom is 0.338 e. The van der Waals surface area contributed by atoms with E-state index in [1.807, 2.05) is 32.9 Å². The van der Waals surface area contributed by atoms with Gasteiger partial charge in [0, 0.05) is 0 Å². The van der Waals surface area contributed by atoms with Crippen LogP contribution >= 0.6 is 0 Å². The van der Waals surface area contributed by atoms with Crippen LogP contribution in [-0.2, 0) is 9.53 Å². The molecule has 0 aliphatic carbocycles. The highest BCUT2D eigenvalue weighted by Crippen LogP contribution is 2.17. The van der Waals surface area contributed by atoms with Crippen LogP contribution in [0.15, 0.2) is 42.5 Å². The van der Waals surface area contributed by atoms with Crippen molar-refractivity contribution in [2.45, 2.75) is 46.6 Å². The predicted octanol–water partition coefficient (Wildman–Crippen LogP) is 4.52. The van der Waals surface area contributed by atoms with Gasteiger partial charge in [0.25, 0.3) is 5.91 Å². The molecule has 1 amide bonds. The first kappa shape index (κ1) is 21.5. The number of rotatable bonds is 9. The molecule has 0 saturated carbocycles. The van der Waals surface area contributed by atoms with Crippen molar-refractivity contribution in [1.29, 1.82) is 0 Å². The molecule has 0 unspecified atom stereocenters. The van der Waals surface area contributed by atoms with Crippen LogP contribution in [0.2, 0.25) is 0 Å². The van der Waals surface area contributed by atoms with E-state index in [4.69, 9.17) is 9.47 Å². The molecule has 5 nitrogen and oxygen atoms in total. The molecule has 28 heavy (non-hydrogen) atoms. The lowest BCUT2D eigenvalue weighted by molar-refractivity contribution is -0.124. The number of nitrogens with one attached hydrogen (secondary N) is 1. The number of esters is 1. The summed E-state index contributed by atoms with van der Waals surface area (Å²) in [7, 11) is 0. The summed E-state index contributed by atoms with van der Waals surface area (Å²) >= 11 is 0. The Morgan fingerprint density at radius 1 is 1.04 bits per heavy atom. The first-order valence-electron chi connectivity index (χ1n) is 9.67. The average molecular weight is 383 g/mol. The summed E-state index contributed by atoms with van der Waals surface area (Å²) in [4.78, 5) is 24.2. The Kier molecular flexibility index (Phi) is 8.05. The molecule has 0 aromatic heterocycles. The Labute approximate surface area is 167 Å². The normalized spacial score (nSPS) is 11.6.